The van der Waals surface area contributed by atoms with E-state index >= 15 is 0 Å². The number of nitrogens with zero attached hydrogens (tertiary/aromatic N) is 1. The minimum atomic E-state index is -0.437. The van der Waals surface area contributed by atoms with Gasteiger partial charge in [-0.15, -0.1) is 11.3 Å². The summed E-state index contributed by atoms with van der Waals surface area (Å²) in [6.45, 7) is 1.66. The molecule has 0 bridgehead atoms. The number of halogens is 2. The smallest absolute Gasteiger partial charge is 0.133 e. The second-order valence-corrected chi connectivity index (χ2v) is 5.02. The van der Waals surface area contributed by atoms with Gasteiger partial charge in [0.25, 0.3) is 0 Å². The second kappa shape index (κ2) is 4.16. The fraction of sp³-hybridized carbons (Fsp3) is 0.250. The Hall–Kier alpha value is -1.33. The van der Waals surface area contributed by atoms with Gasteiger partial charge in [-0.05, 0) is 18.2 Å². The van der Waals surface area contributed by atoms with Gasteiger partial charge in [-0.25, -0.2) is 13.8 Å². The fourth-order valence-corrected chi connectivity index (χ4v) is 3.00. The van der Waals surface area contributed by atoms with E-state index in [-0.39, 0.29) is 5.56 Å². The van der Waals surface area contributed by atoms with E-state index in [0.717, 1.165) is 42.2 Å². The predicted molar refractivity (Wildman–Crippen MR) is 62.9 cm³/mol. The van der Waals surface area contributed by atoms with Gasteiger partial charge in [0, 0.05) is 30.0 Å². The van der Waals surface area contributed by atoms with Crippen molar-refractivity contribution in [3.8, 4) is 10.6 Å². The van der Waals surface area contributed by atoms with Crippen LogP contribution in [0.5, 0.6) is 0 Å². The molecule has 1 N–H and O–H groups in total. The van der Waals surface area contributed by atoms with E-state index in [1.165, 1.54) is 17.4 Å². The van der Waals surface area contributed by atoms with Crippen molar-refractivity contribution in [1.82, 2.24) is 10.3 Å². The molecule has 1 aliphatic rings. The molecule has 88 valence electrons. The molecule has 2 aromatic rings. The zero-order chi connectivity index (χ0) is 11.8. The molecule has 2 heterocycles. The maximum atomic E-state index is 13.6. The zero-order valence-corrected chi connectivity index (χ0v) is 9.78. The van der Waals surface area contributed by atoms with Crippen LogP contribution in [0.15, 0.2) is 18.2 Å². The van der Waals surface area contributed by atoms with Gasteiger partial charge >= 0.3 is 0 Å². The lowest BCUT2D eigenvalue weighted by molar-refractivity contribution is 0.603. The number of hydrogen-bond donors (Lipinski definition) is 1. The monoisotopic (exact) mass is 252 g/mol. The summed E-state index contributed by atoms with van der Waals surface area (Å²) in [5, 5.41) is 3.80. The Labute approximate surface area is 101 Å². The van der Waals surface area contributed by atoms with Crippen LogP contribution in [0.1, 0.15) is 10.6 Å². The summed E-state index contributed by atoms with van der Waals surface area (Å²) < 4.78 is 26.7. The van der Waals surface area contributed by atoms with Crippen LogP contribution in [-0.2, 0) is 13.0 Å². The van der Waals surface area contributed by atoms with Gasteiger partial charge in [-0.3, -0.25) is 0 Å². The molecule has 1 aliphatic heterocycles. The molecule has 0 amide bonds. The van der Waals surface area contributed by atoms with Crippen molar-refractivity contribution in [1.29, 1.82) is 0 Å². The van der Waals surface area contributed by atoms with Gasteiger partial charge in [0.15, 0.2) is 0 Å². The first kappa shape index (κ1) is 10.8. The Morgan fingerprint density at radius 3 is 3.00 bits per heavy atom. The molecule has 3 rings (SSSR count). The Morgan fingerprint density at radius 1 is 1.29 bits per heavy atom. The minimum Gasteiger partial charge on any atom is -0.311 e. The average Bonchev–Trinajstić information content (AvgIpc) is 2.75. The molecular weight excluding hydrogens is 242 g/mol. The number of aromatic nitrogens is 1. The second-order valence-electron chi connectivity index (χ2n) is 3.94. The van der Waals surface area contributed by atoms with Crippen LogP contribution in [0.3, 0.4) is 0 Å². The topological polar surface area (TPSA) is 24.9 Å². The molecule has 1 aromatic carbocycles. The summed E-state index contributed by atoms with van der Waals surface area (Å²) in [5.41, 5.74) is 1.26. The third-order valence-electron chi connectivity index (χ3n) is 2.76. The Balaban J connectivity index is 2.08. The van der Waals surface area contributed by atoms with Gasteiger partial charge in [-0.2, -0.15) is 0 Å². The van der Waals surface area contributed by atoms with Gasteiger partial charge in [0.2, 0.25) is 0 Å². The highest BCUT2D eigenvalue weighted by molar-refractivity contribution is 7.15. The molecule has 1 aromatic heterocycles. The molecule has 0 fully saturated rings. The molecular formula is C12H10F2N2S. The van der Waals surface area contributed by atoms with Crippen molar-refractivity contribution in [3.63, 3.8) is 0 Å². The maximum absolute atomic E-state index is 13.6. The SMILES string of the molecule is Fc1ccc(F)c(-c2nc3c(s2)CNCC3)c1. The number of benzene rings is 1. The molecule has 0 unspecified atom stereocenters. The van der Waals surface area contributed by atoms with Crippen LogP contribution >= 0.6 is 11.3 Å². The molecule has 0 saturated carbocycles. The highest BCUT2D eigenvalue weighted by atomic mass is 32.1. The van der Waals surface area contributed by atoms with E-state index < -0.39 is 11.6 Å². The van der Waals surface area contributed by atoms with Crippen LogP contribution in [0.4, 0.5) is 8.78 Å². The first-order valence-corrected chi connectivity index (χ1v) is 6.20. The van der Waals surface area contributed by atoms with Crippen molar-refractivity contribution < 1.29 is 8.78 Å². The molecule has 0 radical (unpaired) electrons. The average molecular weight is 252 g/mol. The van der Waals surface area contributed by atoms with E-state index in [4.69, 9.17) is 0 Å². The lowest BCUT2D eigenvalue weighted by atomic mass is 10.2. The fourth-order valence-electron chi connectivity index (χ4n) is 1.90. The molecule has 0 saturated heterocycles. The molecule has 0 aliphatic carbocycles. The van der Waals surface area contributed by atoms with Gasteiger partial charge in [0.1, 0.15) is 16.6 Å². The maximum Gasteiger partial charge on any atom is 0.133 e. The van der Waals surface area contributed by atoms with Crippen molar-refractivity contribution in [2.75, 3.05) is 6.54 Å². The number of rotatable bonds is 1. The highest BCUT2D eigenvalue weighted by Crippen LogP contribution is 2.31. The molecule has 2 nitrogen and oxygen atoms in total. The first-order chi connectivity index (χ1) is 8.24. The molecule has 0 spiro atoms. The zero-order valence-electron chi connectivity index (χ0n) is 8.96. The Bertz CT molecular complexity index is 542. The van der Waals surface area contributed by atoms with Crippen molar-refractivity contribution in [2.24, 2.45) is 0 Å². The number of fused-ring (bicyclic) bond motifs is 1. The van der Waals surface area contributed by atoms with Crippen LogP contribution in [-0.4, -0.2) is 11.5 Å². The third-order valence-corrected chi connectivity index (χ3v) is 3.89. The standard InChI is InChI=1S/C12H10F2N2S/c13-7-1-2-9(14)8(5-7)12-16-10-3-4-15-6-11(10)17-12/h1-2,5,15H,3-4,6H2. The van der Waals surface area contributed by atoms with Crippen LogP contribution in [0.2, 0.25) is 0 Å². The van der Waals surface area contributed by atoms with Crippen LogP contribution in [0, 0.1) is 11.6 Å². The van der Waals surface area contributed by atoms with Crippen LogP contribution < -0.4 is 5.32 Å². The largest absolute Gasteiger partial charge is 0.311 e. The summed E-state index contributed by atoms with van der Waals surface area (Å²) in [6.07, 6.45) is 0.850. The normalized spacial score (nSPS) is 14.7. The Kier molecular flexibility index (Phi) is 2.64. The van der Waals surface area contributed by atoms with E-state index in [2.05, 4.69) is 10.3 Å². The summed E-state index contributed by atoms with van der Waals surface area (Å²) >= 11 is 1.43. The summed E-state index contributed by atoms with van der Waals surface area (Å²) in [7, 11) is 0. The van der Waals surface area contributed by atoms with Crippen molar-refractivity contribution in [3.05, 3.63) is 40.4 Å². The van der Waals surface area contributed by atoms with Gasteiger partial charge in [-0.1, -0.05) is 0 Å². The number of nitrogens with one attached hydrogen (secondary N) is 1. The van der Waals surface area contributed by atoms with Crippen molar-refractivity contribution >= 4 is 11.3 Å². The Morgan fingerprint density at radius 2 is 2.18 bits per heavy atom. The summed E-state index contributed by atoms with van der Waals surface area (Å²) in [4.78, 5) is 5.52. The van der Waals surface area contributed by atoms with E-state index in [9.17, 15) is 8.78 Å². The van der Waals surface area contributed by atoms with Crippen LogP contribution in [0.25, 0.3) is 10.6 Å². The molecule has 17 heavy (non-hydrogen) atoms. The number of thiazole rings is 1. The summed E-state index contributed by atoms with van der Waals surface area (Å²) in [6, 6.07) is 3.46. The van der Waals surface area contributed by atoms with E-state index in [0.29, 0.717) is 5.01 Å². The molecule has 0 atom stereocenters. The van der Waals surface area contributed by atoms with Gasteiger partial charge < -0.3 is 5.32 Å². The van der Waals surface area contributed by atoms with E-state index in [1.807, 2.05) is 0 Å². The summed E-state index contributed by atoms with van der Waals surface area (Å²) in [5.74, 6) is -0.863. The quantitative estimate of drug-likeness (QED) is 0.844. The van der Waals surface area contributed by atoms with Crippen molar-refractivity contribution in [2.45, 2.75) is 13.0 Å². The number of hydrogen-bond acceptors (Lipinski definition) is 3. The lowest BCUT2D eigenvalue weighted by Crippen LogP contribution is -2.22. The predicted octanol–water partition coefficient (Wildman–Crippen LogP) is 2.73. The van der Waals surface area contributed by atoms with E-state index in [1.54, 1.807) is 0 Å². The first-order valence-electron chi connectivity index (χ1n) is 5.39. The molecule has 5 heteroatoms. The highest BCUT2D eigenvalue weighted by Gasteiger charge is 2.17. The third kappa shape index (κ3) is 1.96. The van der Waals surface area contributed by atoms with Gasteiger partial charge in [0.05, 0.1) is 5.69 Å². The lowest BCUT2D eigenvalue weighted by Gasteiger charge is -2.09. The minimum absolute atomic E-state index is 0.254.